The molecule has 0 fully saturated rings. The number of para-hydroxylation sites is 1. The van der Waals surface area contributed by atoms with Crippen LogP contribution in [0, 0.1) is 17.5 Å². The predicted octanol–water partition coefficient (Wildman–Crippen LogP) is 5.64. The average molecular weight is 397 g/mol. The SMILES string of the molecule is Fc1ccccc1-c1nnc(SCc2cccc(F)c2F)n1-c1ccccc1. The smallest absolute Gasteiger partial charge is 0.196 e. The van der Waals surface area contributed by atoms with E-state index >= 15 is 0 Å². The summed E-state index contributed by atoms with van der Waals surface area (Å²) >= 11 is 1.20. The molecule has 0 radical (unpaired) electrons. The Bertz CT molecular complexity index is 1110. The molecule has 3 aromatic carbocycles. The van der Waals surface area contributed by atoms with Crippen LogP contribution in [0.25, 0.3) is 17.1 Å². The molecular formula is C21H14F3N3S. The van der Waals surface area contributed by atoms with E-state index in [-0.39, 0.29) is 11.3 Å². The molecule has 3 nitrogen and oxygen atoms in total. The van der Waals surface area contributed by atoms with Crippen molar-refractivity contribution in [2.45, 2.75) is 10.9 Å². The minimum Gasteiger partial charge on any atom is -0.270 e. The average Bonchev–Trinajstić information content (AvgIpc) is 3.14. The Morgan fingerprint density at radius 1 is 0.750 bits per heavy atom. The van der Waals surface area contributed by atoms with Crippen LogP contribution in [-0.2, 0) is 5.75 Å². The van der Waals surface area contributed by atoms with Crippen molar-refractivity contribution in [3.8, 4) is 17.1 Å². The van der Waals surface area contributed by atoms with Gasteiger partial charge in [0, 0.05) is 17.0 Å². The third kappa shape index (κ3) is 3.53. The highest BCUT2D eigenvalue weighted by Crippen LogP contribution is 2.31. The van der Waals surface area contributed by atoms with E-state index < -0.39 is 17.5 Å². The summed E-state index contributed by atoms with van der Waals surface area (Å²) in [6.07, 6.45) is 0. The first-order valence-electron chi connectivity index (χ1n) is 8.46. The maximum absolute atomic E-state index is 14.3. The molecule has 0 atom stereocenters. The number of hydrogen-bond acceptors (Lipinski definition) is 3. The summed E-state index contributed by atoms with van der Waals surface area (Å²) < 4.78 is 43.5. The number of halogens is 3. The van der Waals surface area contributed by atoms with Crippen molar-refractivity contribution in [2.75, 3.05) is 0 Å². The van der Waals surface area contributed by atoms with E-state index in [0.717, 1.165) is 11.8 Å². The van der Waals surface area contributed by atoms with E-state index in [1.807, 2.05) is 30.3 Å². The molecule has 4 aromatic rings. The van der Waals surface area contributed by atoms with Gasteiger partial charge in [-0.15, -0.1) is 10.2 Å². The summed E-state index contributed by atoms with van der Waals surface area (Å²) in [5.74, 6) is -1.69. The number of rotatable bonds is 5. The van der Waals surface area contributed by atoms with Gasteiger partial charge in [0.1, 0.15) is 5.82 Å². The number of benzene rings is 3. The molecule has 7 heteroatoms. The number of hydrogen-bond donors (Lipinski definition) is 0. The Kier molecular flexibility index (Phi) is 5.16. The summed E-state index contributed by atoms with van der Waals surface area (Å²) in [7, 11) is 0. The van der Waals surface area contributed by atoms with Gasteiger partial charge in [-0.3, -0.25) is 4.57 Å². The zero-order valence-electron chi connectivity index (χ0n) is 14.5. The van der Waals surface area contributed by atoms with Crippen LogP contribution in [-0.4, -0.2) is 14.8 Å². The van der Waals surface area contributed by atoms with Gasteiger partial charge < -0.3 is 0 Å². The van der Waals surface area contributed by atoms with Crippen molar-refractivity contribution in [1.82, 2.24) is 14.8 Å². The van der Waals surface area contributed by atoms with Crippen LogP contribution in [0.1, 0.15) is 5.56 Å². The number of nitrogens with zero attached hydrogens (tertiary/aromatic N) is 3. The lowest BCUT2D eigenvalue weighted by Crippen LogP contribution is -2.01. The predicted molar refractivity (Wildman–Crippen MR) is 103 cm³/mol. The van der Waals surface area contributed by atoms with E-state index in [0.29, 0.717) is 16.5 Å². The van der Waals surface area contributed by atoms with E-state index in [4.69, 9.17) is 0 Å². The Morgan fingerprint density at radius 2 is 1.46 bits per heavy atom. The highest BCUT2D eigenvalue weighted by molar-refractivity contribution is 7.98. The molecular weight excluding hydrogens is 383 g/mol. The second kappa shape index (κ2) is 7.90. The topological polar surface area (TPSA) is 30.7 Å². The Morgan fingerprint density at radius 3 is 2.25 bits per heavy atom. The van der Waals surface area contributed by atoms with E-state index in [9.17, 15) is 13.2 Å². The Balaban J connectivity index is 1.76. The first-order chi connectivity index (χ1) is 13.6. The fraction of sp³-hybridized carbons (Fsp3) is 0.0476. The van der Waals surface area contributed by atoms with Gasteiger partial charge in [-0.1, -0.05) is 54.2 Å². The zero-order valence-corrected chi connectivity index (χ0v) is 15.3. The van der Waals surface area contributed by atoms with Gasteiger partial charge in [0.2, 0.25) is 0 Å². The van der Waals surface area contributed by atoms with Crippen LogP contribution in [0.3, 0.4) is 0 Å². The molecule has 28 heavy (non-hydrogen) atoms. The largest absolute Gasteiger partial charge is 0.270 e. The third-order valence-electron chi connectivity index (χ3n) is 4.15. The zero-order chi connectivity index (χ0) is 19.5. The summed E-state index contributed by atoms with van der Waals surface area (Å²) in [4.78, 5) is 0. The van der Waals surface area contributed by atoms with Gasteiger partial charge in [-0.25, -0.2) is 13.2 Å². The molecule has 0 aliphatic carbocycles. The van der Waals surface area contributed by atoms with Gasteiger partial charge in [-0.05, 0) is 30.3 Å². The van der Waals surface area contributed by atoms with E-state index in [1.54, 1.807) is 22.8 Å². The molecule has 1 aromatic heterocycles. The molecule has 0 unspecified atom stereocenters. The second-order valence-corrected chi connectivity index (χ2v) is 6.90. The molecule has 0 spiro atoms. The van der Waals surface area contributed by atoms with E-state index in [2.05, 4.69) is 10.2 Å². The molecule has 0 aliphatic heterocycles. The summed E-state index contributed by atoms with van der Waals surface area (Å²) in [5, 5.41) is 8.78. The molecule has 4 rings (SSSR count). The number of thioether (sulfide) groups is 1. The Hall–Kier alpha value is -3.06. The third-order valence-corrected chi connectivity index (χ3v) is 5.13. The van der Waals surface area contributed by atoms with E-state index in [1.165, 1.54) is 30.0 Å². The van der Waals surface area contributed by atoms with Gasteiger partial charge in [0.15, 0.2) is 22.6 Å². The second-order valence-electron chi connectivity index (χ2n) is 5.96. The molecule has 0 bridgehead atoms. The summed E-state index contributed by atoms with van der Waals surface area (Å²) in [6.45, 7) is 0. The fourth-order valence-electron chi connectivity index (χ4n) is 2.79. The lowest BCUT2D eigenvalue weighted by molar-refractivity contribution is 0.502. The summed E-state index contributed by atoms with van der Waals surface area (Å²) in [6, 6.07) is 19.6. The molecule has 0 amide bonds. The van der Waals surface area contributed by atoms with Crippen molar-refractivity contribution < 1.29 is 13.2 Å². The number of aromatic nitrogens is 3. The quantitative estimate of drug-likeness (QED) is 0.408. The van der Waals surface area contributed by atoms with Crippen molar-refractivity contribution in [3.05, 3.63) is 95.8 Å². The van der Waals surface area contributed by atoms with Gasteiger partial charge in [0.05, 0.1) is 5.56 Å². The normalized spacial score (nSPS) is 11.0. The molecule has 0 saturated heterocycles. The maximum Gasteiger partial charge on any atom is 0.196 e. The first-order valence-corrected chi connectivity index (χ1v) is 9.45. The first kappa shape index (κ1) is 18.3. The van der Waals surface area contributed by atoms with Gasteiger partial charge >= 0.3 is 0 Å². The molecule has 0 saturated carbocycles. The van der Waals surface area contributed by atoms with Crippen molar-refractivity contribution in [3.63, 3.8) is 0 Å². The minimum atomic E-state index is -0.894. The summed E-state index contributed by atoms with van der Waals surface area (Å²) in [5.41, 5.74) is 1.27. The Labute approximate surface area is 163 Å². The standard InChI is InChI=1S/C21H14F3N3S/c22-17-11-5-4-10-16(17)20-25-26-21(27(20)15-8-2-1-3-9-15)28-13-14-7-6-12-18(23)19(14)24/h1-12H,13H2. The lowest BCUT2D eigenvalue weighted by Gasteiger charge is -2.11. The van der Waals surface area contributed by atoms with Gasteiger partial charge in [0.25, 0.3) is 0 Å². The molecule has 0 aliphatic rings. The van der Waals surface area contributed by atoms with Crippen molar-refractivity contribution >= 4 is 11.8 Å². The fourth-order valence-corrected chi connectivity index (χ4v) is 3.72. The minimum absolute atomic E-state index is 0.159. The van der Waals surface area contributed by atoms with Crippen LogP contribution in [0.2, 0.25) is 0 Å². The molecule has 140 valence electrons. The van der Waals surface area contributed by atoms with Crippen LogP contribution >= 0.6 is 11.8 Å². The van der Waals surface area contributed by atoms with Crippen LogP contribution in [0.5, 0.6) is 0 Å². The maximum atomic E-state index is 14.3. The monoisotopic (exact) mass is 397 g/mol. The van der Waals surface area contributed by atoms with Crippen LogP contribution in [0.15, 0.2) is 78.0 Å². The highest BCUT2D eigenvalue weighted by atomic mass is 32.2. The van der Waals surface area contributed by atoms with Gasteiger partial charge in [-0.2, -0.15) is 0 Å². The van der Waals surface area contributed by atoms with Crippen LogP contribution in [0.4, 0.5) is 13.2 Å². The van der Waals surface area contributed by atoms with Crippen molar-refractivity contribution in [2.24, 2.45) is 0 Å². The molecule has 1 heterocycles. The highest BCUT2D eigenvalue weighted by Gasteiger charge is 2.19. The lowest BCUT2D eigenvalue weighted by atomic mass is 10.2. The molecule has 0 N–H and O–H groups in total. The van der Waals surface area contributed by atoms with Crippen molar-refractivity contribution in [1.29, 1.82) is 0 Å². The van der Waals surface area contributed by atoms with Crippen LogP contribution < -0.4 is 0 Å².